The molecule has 2 aromatic heterocycles. The molecule has 0 bridgehead atoms. The highest BCUT2D eigenvalue weighted by Gasteiger charge is 2.20. The van der Waals surface area contributed by atoms with Crippen molar-refractivity contribution in [2.45, 2.75) is 44.0 Å². The fourth-order valence-corrected chi connectivity index (χ4v) is 4.87. The molecular formula is C25H29FN4S2. The SMILES string of the molecule is C=Cc1c(C(=C\C)/C(=C\CC)NC(CC)c2csc(SC)n2)cnn1-c1ccc(F)cc1. The van der Waals surface area contributed by atoms with E-state index in [0.29, 0.717) is 0 Å². The fourth-order valence-electron chi connectivity index (χ4n) is 3.55. The number of aromatic nitrogens is 3. The van der Waals surface area contributed by atoms with E-state index in [9.17, 15) is 4.39 Å². The van der Waals surface area contributed by atoms with Crippen LogP contribution in [-0.4, -0.2) is 21.0 Å². The number of benzene rings is 1. The summed E-state index contributed by atoms with van der Waals surface area (Å²) in [5.41, 5.74) is 5.77. The first-order chi connectivity index (χ1) is 15.6. The van der Waals surface area contributed by atoms with Crippen molar-refractivity contribution >= 4 is 34.7 Å². The minimum atomic E-state index is -0.273. The van der Waals surface area contributed by atoms with Gasteiger partial charge in [-0.15, -0.1) is 11.3 Å². The van der Waals surface area contributed by atoms with Gasteiger partial charge in [-0.1, -0.05) is 44.3 Å². The quantitative estimate of drug-likeness (QED) is 0.251. The normalized spacial score (nSPS) is 13.3. The summed E-state index contributed by atoms with van der Waals surface area (Å²) in [6.45, 7) is 10.3. The van der Waals surface area contributed by atoms with Crippen LogP contribution >= 0.6 is 23.1 Å². The molecule has 1 N–H and O–H groups in total. The zero-order valence-electron chi connectivity index (χ0n) is 18.9. The van der Waals surface area contributed by atoms with Gasteiger partial charge in [0.1, 0.15) is 10.2 Å². The van der Waals surface area contributed by atoms with Gasteiger partial charge in [0.15, 0.2) is 0 Å². The van der Waals surface area contributed by atoms with Gasteiger partial charge in [0.05, 0.1) is 29.3 Å². The van der Waals surface area contributed by atoms with Crippen molar-refractivity contribution in [2.24, 2.45) is 0 Å². The topological polar surface area (TPSA) is 42.7 Å². The number of halogens is 1. The van der Waals surface area contributed by atoms with Crippen LogP contribution in [0.2, 0.25) is 0 Å². The van der Waals surface area contributed by atoms with E-state index in [2.05, 4.69) is 48.4 Å². The summed E-state index contributed by atoms with van der Waals surface area (Å²) in [6, 6.07) is 6.42. The van der Waals surface area contributed by atoms with Crippen molar-refractivity contribution < 1.29 is 4.39 Å². The maximum absolute atomic E-state index is 13.4. The molecule has 1 atom stereocenters. The van der Waals surface area contributed by atoms with E-state index in [-0.39, 0.29) is 11.9 Å². The number of rotatable bonds is 10. The second-order valence-electron chi connectivity index (χ2n) is 7.11. The summed E-state index contributed by atoms with van der Waals surface area (Å²) >= 11 is 3.35. The summed E-state index contributed by atoms with van der Waals surface area (Å²) in [5.74, 6) is -0.273. The lowest BCUT2D eigenvalue weighted by molar-refractivity contribution is 0.573. The number of nitrogens with zero attached hydrogens (tertiary/aromatic N) is 3. The van der Waals surface area contributed by atoms with Crippen molar-refractivity contribution in [3.05, 3.63) is 83.0 Å². The molecule has 0 saturated heterocycles. The Morgan fingerprint density at radius 1 is 1.31 bits per heavy atom. The number of nitrogens with one attached hydrogen (secondary N) is 1. The Kier molecular flexibility index (Phi) is 8.47. The molecule has 0 radical (unpaired) electrons. The average molecular weight is 469 g/mol. The molecule has 3 rings (SSSR count). The Morgan fingerprint density at radius 3 is 2.62 bits per heavy atom. The van der Waals surface area contributed by atoms with Crippen LogP contribution in [0.3, 0.4) is 0 Å². The number of allylic oxidation sites excluding steroid dienone is 3. The summed E-state index contributed by atoms with van der Waals surface area (Å²) in [4.78, 5) is 4.76. The van der Waals surface area contributed by atoms with Gasteiger partial charge in [0, 0.05) is 22.2 Å². The second kappa shape index (κ2) is 11.3. The molecule has 4 nitrogen and oxygen atoms in total. The summed E-state index contributed by atoms with van der Waals surface area (Å²) < 4.78 is 16.3. The predicted octanol–water partition coefficient (Wildman–Crippen LogP) is 7.27. The maximum Gasteiger partial charge on any atom is 0.149 e. The lowest BCUT2D eigenvalue weighted by Crippen LogP contribution is -2.21. The predicted molar refractivity (Wildman–Crippen MR) is 136 cm³/mol. The zero-order chi connectivity index (χ0) is 23.1. The van der Waals surface area contributed by atoms with Crippen LogP contribution in [0.25, 0.3) is 17.3 Å². The highest BCUT2D eigenvalue weighted by atomic mass is 32.2. The molecule has 3 aromatic rings. The standard InChI is InChI=1S/C25H29FN4S2/c1-6-10-22(28-21(8-3)23-16-32-25(29-23)31-5)19(7-2)20-15-27-30(24(20)9-4)18-13-11-17(26)12-14-18/h7,9-16,21,28H,4,6,8H2,1-3,5H3/b19-7+,22-10+. The van der Waals surface area contributed by atoms with Crippen LogP contribution < -0.4 is 5.32 Å². The van der Waals surface area contributed by atoms with Gasteiger partial charge < -0.3 is 5.32 Å². The minimum Gasteiger partial charge on any atom is -0.376 e. The second-order valence-corrected chi connectivity index (χ2v) is 9.02. The van der Waals surface area contributed by atoms with E-state index in [1.54, 1.807) is 46.0 Å². The number of thiazole rings is 1. The van der Waals surface area contributed by atoms with E-state index in [4.69, 9.17) is 4.98 Å². The molecule has 0 aliphatic rings. The number of hydrogen-bond acceptors (Lipinski definition) is 5. The highest BCUT2D eigenvalue weighted by Crippen LogP contribution is 2.31. The molecule has 1 aromatic carbocycles. The molecule has 7 heteroatoms. The van der Waals surface area contributed by atoms with Gasteiger partial charge in [0.25, 0.3) is 0 Å². The Bertz CT molecular complexity index is 1110. The Balaban J connectivity index is 1.98. The van der Waals surface area contributed by atoms with Gasteiger partial charge in [0.2, 0.25) is 0 Å². The zero-order valence-corrected chi connectivity index (χ0v) is 20.6. The van der Waals surface area contributed by atoms with Crippen LogP contribution in [0.15, 0.2) is 64.6 Å². The molecule has 0 fully saturated rings. The van der Waals surface area contributed by atoms with E-state index in [1.807, 2.05) is 19.4 Å². The first-order valence-electron chi connectivity index (χ1n) is 10.7. The highest BCUT2D eigenvalue weighted by molar-refractivity contribution is 8.00. The third-order valence-corrected chi connectivity index (χ3v) is 7.00. The molecular weight excluding hydrogens is 439 g/mol. The fraction of sp³-hybridized carbons (Fsp3) is 0.280. The smallest absolute Gasteiger partial charge is 0.149 e. The first kappa shape index (κ1) is 24.0. The van der Waals surface area contributed by atoms with Crippen LogP contribution in [0.5, 0.6) is 0 Å². The lowest BCUT2D eigenvalue weighted by atomic mass is 10.00. The van der Waals surface area contributed by atoms with Gasteiger partial charge in [-0.2, -0.15) is 5.10 Å². The van der Waals surface area contributed by atoms with E-state index >= 15 is 0 Å². The van der Waals surface area contributed by atoms with Crippen LogP contribution in [0.1, 0.15) is 56.6 Å². The van der Waals surface area contributed by atoms with Crippen molar-refractivity contribution in [3.8, 4) is 5.69 Å². The van der Waals surface area contributed by atoms with Crippen LogP contribution in [0.4, 0.5) is 4.39 Å². The minimum absolute atomic E-state index is 0.110. The Hall–Kier alpha value is -2.64. The molecule has 168 valence electrons. The van der Waals surface area contributed by atoms with Gasteiger partial charge in [-0.3, -0.25) is 0 Å². The van der Waals surface area contributed by atoms with Crippen molar-refractivity contribution in [3.63, 3.8) is 0 Å². The third kappa shape index (κ3) is 5.22. The number of thioether (sulfide) groups is 1. The molecule has 0 amide bonds. The van der Waals surface area contributed by atoms with Crippen molar-refractivity contribution in [2.75, 3.05) is 6.26 Å². The molecule has 2 heterocycles. The van der Waals surface area contributed by atoms with Crippen LogP contribution in [-0.2, 0) is 0 Å². The monoisotopic (exact) mass is 468 g/mol. The summed E-state index contributed by atoms with van der Waals surface area (Å²) in [5, 5.41) is 10.4. The molecule has 0 aliphatic heterocycles. The molecule has 0 spiro atoms. The molecule has 1 unspecified atom stereocenters. The van der Waals surface area contributed by atoms with E-state index in [0.717, 1.165) is 51.1 Å². The Morgan fingerprint density at radius 2 is 2.06 bits per heavy atom. The average Bonchev–Trinajstić information content (AvgIpc) is 3.45. The van der Waals surface area contributed by atoms with Gasteiger partial charge in [-0.05, 0) is 56.4 Å². The summed E-state index contributed by atoms with van der Waals surface area (Å²) in [6.07, 6.45) is 11.8. The summed E-state index contributed by atoms with van der Waals surface area (Å²) in [7, 11) is 0. The molecule has 32 heavy (non-hydrogen) atoms. The third-order valence-electron chi connectivity index (χ3n) is 5.12. The maximum atomic E-state index is 13.4. The molecule has 0 saturated carbocycles. The Labute approximate surface area is 198 Å². The lowest BCUT2D eigenvalue weighted by Gasteiger charge is -2.21. The van der Waals surface area contributed by atoms with Crippen molar-refractivity contribution in [1.29, 1.82) is 0 Å². The van der Waals surface area contributed by atoms with Crippen molar-refractivity contribution in [1.82, 2.24) is 20.1 Å². The first-order valence-corrected chi connectivity index (χ1v) is 12.8. The van der Waals surface area contributed by atoms with Gasteiger partial charge in [-0.25, -0.2) is 14.1 Å². The van der Waals surface area contributed by atoms with E-state index in [1.165, 1.54) is 12.1 Å². The number of hydrogen-bond donors (Lipinski definition) is 1. The molecule has 0 aliphatic carbocycles. The van der Waals surface area contributed by atoms with Crippen LogP contribution in [0, 0.1) is 5.82 Å². The van der Waals surface area contributed by atoms with Gasteiger partial charge >= 0.3 is 0 Å². The van der Waals surface area contributed by atoms with E-state index < -0.39 is 0 Å². The largest absolute Gasteiger partial charge is 0.376 e.